The van der Waals surface area contributed by atoms with E-state index in [9.17, 15) is 9.59 Å². The number of unbranched alkanes of at least 4 members (excludes halogenated alkanes) is 1. The summed E-state index contributed by atoms with van der Waals surface area (Å²) in [5, 5.41) is 8.01. The molecular weight excluding hydrogens is 394 g/mol. The van der Waals surface area contributed by atoms with Gasteiger partial charge in [0.15, 0.2) is 6.10 Å². The van der Waals surface area contributed by atoms with Crippen LogP contribution in [0.2, 0.25) is 0 Å². The number of nitrogens with zero attached hydrogens (tertiary/aromatic N) is 2. The highest BCUT2D eigenvalue weighted by atomic mass is 16.5. The number of carbonyl (C=O) groups is 2. The number of furan rings is 1. The third-order valence-corrected chi connectivity index (χ3v) is 5.27. The van der Waals surface area contributed by atoms with Gasteiger partial charge in [-0.1, -0.05) is 31.5 Å². The molecule has 0 fully saturated rings. The second kappa shape index (κ2) is 9.64. The number of para-hydroxylation sites is 1. The van der Waals surface area contributed by atoms with Gasteiger partial charge in [-0.3, -0.25) is 9.48 Å². The number of amides is 1. The summed E-state index contributed by atoms with van der Waals surface area (Å²) in [7, 11) is 1.81. The van der Waals surface area contributed by atoms with Crippen LogP contribution in [-0.4, -0.2) is 27.8 Å². The second-order valence-electron chi connectivity index (χ2n) is 7.61. The van der Waals surface area contributed by atoms with E-state index in [2.05, 4.69) is 17.3 Å². The third kappa shape index (κ3) is 5.05. The van der Waals surface area contributed by atoms with E-state index < -0.39 is 18.0 Å². The Morgan fingerprint density at radius 2 is 2.03 bits per heavy atom. The van der Waals surface area contributed by atoms with Crippen LogP contribution in [-0.2, 0) is 27.8 Å². The fraction of sp³-hybridized carbons (Fsp3) is 0.375. The van der Waals surface area contributed by atoms with Crippen LogP contribution < -0.4 is 5.32 Å². The summed E-state index contributed by atoms with van der Waals surface area (Å²) in [5.41, 5.74) is 3.83. The van der Waals surface area contributed by atoms with Crippen molar-refractivity contribution in [3.05, 3.63) is 53.1 Å². The number of hydrogen-bond acceptors (Lipinski definition) is 5. The van der Waals surface area contributed by atoms with Gasteiger partial charge in [0.05, 0.1) is 17.1 Å². The Kier molecular flexibility index (Phi) is 6.95. The lowest BCUT2D eigenvalue weighted by molar-refractivity contribution is -0.148. The first-order chi connectivity index (χ1) is 14.8. The molecule has 1 amide bonds. The van der Waals surface area contributed by atoms with Crippen LogP contribution in [0, 0.1) is 13.8 Å². The van der Waals surface area contributed by atoms with Gasteiger partial charge in [0.25, 0.3) is 5.91 Å². The Balaban J connectivity index is 1.69. The van der Waals surface area contributed by atoms with Crippen molar-refractivity contribution >= 4 is 34.6 Å². The molecule has 0 unspecified atom stereocenters. The molecule has 0 radical (unpaired) electrons. The van der Waals surface area contributed by atoms with Gasteiger partial charge in [-0.2, -0.15) is 5.10 Å². The molecule has 31 heavy (non-hydrogen) atoms. The number of ether oxygens (including phenoxy) is 1. The van der Waals surface area contributed by atoms with Crippen LogP contribution >= 0.6 is 0 Å². The smallest absolute Gasteiger partial charge is 0.331 e. The average molecular weight is 424 g/mol. The van der Waals surface area contributed by atoms with Crippen LogP contribution in [0.4, 0.5) is 5.69 Å². The number of fused-ring (bicyclic) bond motifs is 1. The quantitative estimate of drug-likeness (QED) is 0.419. The molecular formula is C24H29N3O4. The lowest BCUT2D eigenvalue weighted by Gasteiger charge is -2.12. The molecule has 1 atom stereocenters. The van der Waals surface area contributed by atoms with E-state index in [4.69, 9.17) is 9.15 Å². The third-order valence-electron chi connectivity index (χ3n) is 5.27. The zero-order chi connectivity index (χ0) is 22.5. The Hall–Kier alpha value is -3.35. The van der Waals surface area contributed by atoms with Crippen molar-refractivity contribution in [3.63, 3.8) is 0 Å². The minimum atomic E-state index is -0.947. The molecule has 0 bridgehead atoms. The molecule has 2 heterocycles. The first-order valence-electron chi connectivity index (χ1n) is 10.5. The van der Waals surface area contributed by atoms with Crippen LogP contribution in [0.1, 0.15) is 49.4 Å². The standard InChI is InChI=1S/C24H29N3O4/c1-6-7-11-20-19(18-10-8-9-12-21(18)31-20)13-14-22(28)30-17(4)24(29)25-23-15(2)26-27(5)16(23)3/h8-10,12-14,17H,6-7,11H2,1-5H3,(H,25,29)/b14-13+/t17-/m0/s1. The number of rotatable bonds is 8. The molecule has 0 aliphatic heterocycles. The van der Waals surface area contributed by atoms with E-state index in [0.717, 1.165) is 47.2 Å². The molecule has 0 aliphatic rings. The van der Waals surface area contributed by atoms with E-state index in [0.29, 0.717) is 11.4 Å². The first kappa shape index (κ1) is 22.3. The monoisotopic (exact) mass is 423 g/mol. The second-order valence-corrected chi connectivity index (χ2v) is 7.61. The molecule has 3 aromatic rings. The van der Waals surface area contributed by atoms with E-state index >= 15 is 0 Å². The summed E-state index contributed by atoms with van der Waals surface area (Å²) in [6.45, 7) is 7.34. The fourth-order valence-corrected chi connectivity index (χ4v) is 3.42. The largest absolute Gasteiger partial charge is 0.460 e. The van der Waals surface area contributed by atoms with Gasteiger partial charge < -0.3 is 14.5 Å². The van der Waals surface area contributed by atoms with Crippen molar-refractivity contribution in [3.8, 4) is 0 Å². The Morgan fingerprint density at radius 3 is 2.71 bits per heavy atom. The minimum absolute atomic E-state index is 0.404. The molecule has 164 valence electrons. The highest BCUT2D eigenvalue weighted by Crippen LogP contribution is 2.28. The molecule has 0 saturated carbocycles. The Morgan fingerprint density at radius 1 is 1.29 bits per heavy atom. The van der Waals surface area contributed by atoms with Crippen molar-refractivity contribution in [2.24, 2.45) is 7.05 Å². The first-order valence-corrected chi connectivity index (χ1v) is 10.5. The molecule has 1 aromatic carbocycles. The molecule has 7 nitrogen and oxygen atoms in total. The van der Waals surface area contributed by atoms with Crippen LogP contribution in [0.25, 0.3) is 17.0 Å². The topological polar surface area (TPSA) is 86.4 Å². The van der Waals surface area contributed by atoms with Gasteiger partial charge in [-0.05, 0) is 39.3 Å². The lowest BCUT2D eigenvalue weighted by Crippen LogP contribution is -2.29. The maximum Gasteiger partial charge on any atom is 0.331 e. The number of nitrogens with one attached hydrogen (secondary N) is 1. The summed E-state index contributed by atoms with van der Waals surface area (Å²) in [4.78, 5) is 24.8. The van der Waals surface area contributed by atoms with Gasteiger partial charge in [0.2, 0.25) is 0 Å². The number of carbonyl (C=O) groups excluding carboxylic acids is 2. The normalized spacial score (nSPS) is 12.4. The van der Waals surface area contributed by atoms with E-state index in [-0.39, 0.29) is 0 Å². The molecule has 3 rings (SSSR count). The number of hydrogen-bond donors (Lipinski definition) is 1. The number of aromatic nitrogens is 2. The van der Waals surface area contributed by atoms with E-state index in [1.807, 2.05) is 38.1 Å². The van der Waals surface area contributed by atoms with Crippen molar-refractivity contribution in [2.45, 2.75) is 53.1 Å². The van der Waals surface area contributed by atoms with Gasteiger partial charge in [-0.15, -0.1) is 0 Å². The van der Waals surface area contributed by atoms with Crippen molar-refractivity contribution in [1.82, 2.24) is 9.78 Å². The maximum atomic E-state index is 12.5. The molecule has 0 saturated heterocycles. The van der Waals surface area contributed by atoms with Gasteiger partial charge in [0, 0.05) is 30.5 Å². The SMILES string of the molecule is CCCCc1oc2ccccc2c1/C=C/C(=O)O[C@@H](C)C(=O)Nc1c(C)nn(C)c1C. The molecule has 2 aromatic heterocycles. The summed E-state index contributed by atoms with van der Waals surface area (Å²) in [6.07, 6.45) is 4.94. The predicted molar refractivity (Wildman–Crippen MR) is 121 cm³/mol. The summed E-state index contributed by atoms with van der Waals surface area (Å²) in [6, 6.07) is 7.73. The maximum absolute atomic E-state index is 12.5. The van der Waals surface area contributed by atoms with Crippen molar-refractivity contribution in [1.29, 1.82) is 0 Å². The molecule has 1 N–H and O–H groups in total. The van der Waals surface area contributed by atoms with Gasteiger partial charge in [-0.25, -0.2) is 4.79 Å². The number of anilines is 1. The lowest BCUT2D eigenvalue weighted by atomic mass is 10.1. The van der Waals surface area contributed by atoms with Crippen LogP contribution in [0.3, 0.4) is 0 Å². The number of aryl methyl sites for hydroxylation is 3. The molecule has 7 heteroatoms. The van der Waals surface area contributed by atoms with Crippen molar-refractivity contribution in [2.75, 3.05) is 5.32 Å². The molecule has 0 spiro atoms. The van der Waals surface area contributed by atoms with Gasteiger partial charge >= 0.3 is 5.97 Å². The van der Waals surface area contributed by atoms with Gasteiger partial charge in [0.1, 0.15) is 11.3 Å². The Labute approximate surface area is 182 Å². The number of esters is 1. The molecule has 0 aliphatic carbocycles. The Bertz CT molecular complexity index is 1120. The average Bonchev–Trinajstić information content (AvgIpc) is 3.21. The van der Waals surface area contributed by atoms with Crippen molar-refractivity contribution < 1.29 is 18.7 Å². The zero-order valence-corrected chi connectivity index (χ0v) is 18.7. The predicted octanol–water partition coefficient (Wildman–Crippen LogP) is 4.71. The number of benzene rings is 1. The summed E-state index contributed by atoms with van der Waals surface area (Å²) < 4.78 is 13.0. The highest BCUT2D eigenvalue weighted by Gasteiger charge is 2.20. The van der Waals surface area contributed by atoms with E-state index in [1.54, 1.807) is 24.7 Å². The van der Waals surface area contributed by atoms with E-state index in [1.165, 1.54) is 6.08 Å². The summed E-state index contributed by atoms with van der Waals surface area (Å²) in [5.74, 6) is -0.146. The van der Waals surface area contributed by atoms with Crippen LogP contribution in [0.5, 0.6) is 0 Å². The zero-order valence-electron chi connectivity index (χ0n) is 18.7. The van der Waals surface area contributed by atoms with Crippen LogP contribution in [0.15, 0.2) is 34.8 Å². The summed E-state index contributed by atoms with van der Waals surface area (Å²) >= 11 is 0. The minimum Gasteiger partial charge on any atom is -0.460 e. The highest BCUT2D eigenvalue weighted by molar-refractivity contribution is 5.98. The fourth-order valence-electron chi connectivity index (χ4n) is 3.42.